The van der Waals surface area contributed by atoms with Crippen molar-refractivity contribution in [1.29, 1.82) is 0 Å². The monoisotopic (exact) mass is 465 g/mol. The van der Waals surface area contributed by atoms with Crippen molar-refractivity contribution in [2.24, 2.45) is 0 Å². The van der Waals surface area contributed by atoms with E-state index in [1.165, 1.54) is 30.7 Å². The second-order valence-corrected chi connectivity index (χ2v) is 10.3. The van der Waals surface area contributed by atoms with Crippen LogP contribution >= 0.6 is 11.6 Å². The van der Waals surface area contributed by atoms with Gasteiger partial charge in [-0.15, -0.1) is 0 Å². The van der Waals surface area contributed by atoms with Gasteiger partial charge in [-0.25, -0.2) is 8.42 Å². The van der Waals surface area contributed by atoms with Crippen molar-refractivity contribution in [2.75, 3.05) is 27.3 Å². The number of hydrogen-bond acceptors (Lipinski definition) is 6. The minimum Gasteiger partial charge on any atom is -0.493 e. The lowest BCUT2D eigenvalue weighted by Crippen LogP contribution is -2.52. The van der Waals surface area contributed by atoms with E-state index in [4.69, 9.17) is 25.8 Å². The molecule has 2 aromatic carbocycles. The molecule has 0 aliphatic carbocycles. The maximum absolute atomic E-state index is 13.2. The van der Waals surface area contributed by atoms with E-state index in [9.17, 15) is 13.2 Å². The number of nitrogens with zero attached hydrogens (tertiary/aromatic N) is 1. The van der Waals surface area contributed by atoms with Gasteiger partial charge in [0.05, 0.1) is 31.1 Å². The summed E-state index contributed by atoms with van der Waals surface area (Å²) in [5.74, 6) is 1.34. The molecule has 0 radical (unpaired) electrons. The highest BCUT2D eigenvalue weighted by Crippen LogP contribution is 2.43. The van der Waals surface area contributed by atoms with Crippen molar-refractivity contribution < 1.29 is 27.4 Å². The van der Waals surface area contributed by atoms with Gasteiger partial charge >= 0.3 is 0 Å². The lowest BCUT2D eigenvalue weighted by molar-refractivity contribution is 0.00536. The van der Waals surface area contributed by atoms with E-state index >= 15 is 0 Å². The Kier molecular flexibility index (Phi) is 5.66. The third kappa shape index (κ3) is 3.88. The Bertz CT molecular complexity index is 1140. The number of methoxy groups -OCH3 is 2. The summed E-state index contributed by atoms with van der Waals surface area (Å²) in [6.07, 6.45) is 1.06. The molecule has 4 rings (SSSR count). The number of rotatable bonds is 4. The minimum atomic E-state index is -3.72. The second kappa shape index (κ2) is 8.00. The summed E-state index contributed by atoms with van der Waals surface area (Å²) in [7, 11) is -0.766. The first-order chi connectivity index (χ1) is 14.7. The third-order valence-electron chi connectivity index (χ3n) is 5.97. The van der Waals surface area contributed by atoms with E-state index in [0.717, 1.165) is 5.56 Å². The van der Waals surface area contributed by atoms with Gasteiger partial charge in [0.2, 0.25) is 10.0 Å². The van der Waals surface area contributed by atoms with Gasteiger partial charge < -0.3 is 14.2 Å². The first-order valence-electron chi connectivity index (χ1n) is 9.94. The van der Waals surface area contributed by atoms with Crippen LogP contribution in [0.5, 0.6) is 17.2 Å². The molecule has 2 heterocycles. The number of carbonyl (C=O) groups excluding carboxylic acids is 1. The molecule has 9 heteroatoms. The van der Waals surface area contributed by atoms with Crippen molar-refractivity contribution in [1.82, 2.24) is 4.31 Å². The SMILES string of the molecule is COc1ccc(S(=O)(=O)N2CCC3(CC2)CC(=O)c2cc(Cl)cc(C)c2O3)cc1OC. The van der Waals surface area contributed by atoms with Gasteiger partial charge in [-0.2, -0.15) is 4.31 Å². The standard InChI is InChI=1S/C22H24ClNO6S/c1-14-10-15(23)11-17-18(25)13-22(30-21(14)17)6-8-24(9-7-22)31(26,27)16-4-5-19(28-2)20(12-16)29-3/h4-5,10-12H,6-9,13H2,1-3H3. The second-order valence-electron chi connectivity index (χ2n) is 7.91. The molecule has 0 bridgehead atoms. The minimum absolute atomic E-state index is 0.0250. The Balaban J connectivity index is 1.55. The van der Waals surface area contributed by atoms with Crippen LogP contribution in [0, 0.1) is 6.92 Å². The van der Waals surface area contributed by atoms with Gasteiger partial charge in [-0.1, -0.05) is 11.6 Å². The Labute approximate surface area is 186 Å². The molecule has 0 atom stereocenters. The Morgan fingerprint density at radius 2 is 1.74 bits per heavy atom. The fourth-order valence-electron chi connectivity index (χ4n) is 4.25. The van der Waals surface area contributed by atoms with Crippen molar-refractivity contribution in [2.45, 2.75) is 36.7 Å². The van der Waals surface area contributed by atoms with Crippen LogP contribution in [0.1, 0.15) is 35.2 Å². The van der Waals surface area contributed by atoms with Crippen LogP contribution in [-0.4, -0.2) is 51.4 Å². The number of Topliss-reactive ketones (excluding diaryl/α,β-unsaturated/α-hetero) is 1. The van der Waals surface area contributed by atoms with Crippen LogP contribution in [0.3, 0.4) is 0 Å². The van der Waals surface area contributed by atoms with Crippen molar-refractivity contribution in [3.63, 3.8) is 0 Å². The van der Waals surface area contributed by atoms with Gasteiger partial charge in [0, 0.05) is 37.0 Å². The highest BCUT2D eigenvalue weighted by atomic mass is 35.5. The third-order valence-corrected chi connectivity index (χ3v) is 8.08. The topological polar surface area (TPSA) is 82.1 Å². The van der Waals surface area contributed by atoms with Crippen LogP contribution in [0.15, 0.2) is 35.2 Å². The van der Waals surface area contributed by atoms with Gasteiger partial charge in [0.25, 0.3) is 0 Å². The molecule has 31 heavy (non-hydrogen) atoms. The Morgan fingerprint density at radius 3 is 2.39 bits per heavy atom. The number of aryl methyl sites for hydroxylation is 1. The number of halogens is 1. The molecule has 1 fully saturated rings. The fraction of sp³-hybridized carbons (Fsp3) is 0.409. The zero-order chi connectivity index (χ0) is 22.4. The molecular weight excluding hydrogens is 442 g/mol. The van der Waals surface area contributed by atoms with Gasteiger partial charge in [0.1, 0.15) is 11.4 Å². The zero-order valence-electron chi connectivity index (χ0n) is 17.6. The van der Waals surface area contributed by atoms with E-state index in [1.54, 1.807) is 18.2 Å². The normalized spacial score (nSPS) is 18.4. The average Bonchev–Trinajstić information content (AvgIpc) is 2.74. The van der Waals surface area contributed by atoms with Gasteiger partial charge in [-0.3, -0.25) is 4.79 Å². The van der Waals surface area contributed by atoms with Gasteiger partial charge in [0.15, 0.2) is 17.3 Å². The number of hydrogen-bond donors (Lipinski definition) is 0. The van der Waals surface area contributed by atoms with E-state index in [2.05, 4.69) is 0 Å². The molecule has 1 spiro atoms. The maximum Gasteiger partial charge on any atom is 0.243 e. The lowest BCUT2D eigenvalue weighted by Gasteiger charge is -2.43. The van der Waals surface area contributed by atoms with Crippen molar-refractivity contribution in [3.8, 4) is 17.2 Å². The number of piperidine rings is 1. The predicted octanol–water partition coefficient (Wildman–Crippen LogP) is 3.85. The highest BCUT2D eigenvalue weighted by Gasteiger charge is 2.45. The summed E-state index contributed by atoms with van der Waals surface area (Å²) in [4.78, 5) is 12.9. The van der Waals surface area contributed by atoms with E-state index in [-0.39, 0.29) is 30.2 Å². The molecule has 166 valence electrons. The number of benzene rings is 2. The first-order valence-corrected chi connectivity index (χ1v) is 11.8. The van der Waals surface area contributed by atoms with Gasteiger partial charge in [-0.05, 0) is 36.8 Å². The number of ketones is 1. The number of fused-ring (bicyclic) bond motifs is 1. The van der Waals surface area contributed by atoms with Crippen LogP contribution in [0.4, 0.5) is 0 Å². The maximum atomic E-state index is 13.2. The van der Waals surface area contributed by atoms with Crippen LogP contribution < -0.4 is 14.2 Å². The Hall–Kier alpha value is -2.29. The quantitative estimate of drug-likeness (QED) is 0.682. The predicted molar refractivity (Wildman–Crippen MR) is 116 cm³/mol. The molecule has 2 aromatic rings. The zero-order valence-corrected chi connectivity index (χ0v) is 19.2. The molecule has 0 unspecified atom stereocenters. The van der Waals surface area contributed by atoms with E-state index in [0.29, 0.717) is 40.7 Å². The van der Waals surface area contributed by atoms with E-state index in [1.807, 2.05) is 6.92 Å². The Morgan fingerprint density at radius 1 is 1.06 bits per heavy atom. The average molecular weight is 466 g/mol. The molecule has 2 aliphatic heterocycles. The molecule has 1 saturated heterocycles. The summed E-state index contributed by atoms with van der Waals surface area (Å²) in [6, 6.07) is 7.94. The lowest BCUT2D eigenvalue weighted by atomic mass is 9.82. The summed E-state index contributed by atoms with van der Waals surface area (Å²) >= 11 is 6.09. The first kappa shape index (κ1) is 21.9. The molecule has 0 N–H and O–H groups in total. The van der Waals surface area contributed by atoms with Crippen LogP contribution in [0.25, 0.3) is 0 Å². The van der Waals surface area contributed by atoms with E-state index < -0.39 is 15.6 Å². The number of ether oxygens (including phenoxy) is 3. The van der Waals surface area contributed by atoms with Crippen molar-refractivity contribution >= 4 is 27.4 Å². The van der Waals surface area contributed by atoms with Crippen LogP contribution in [-0.2, 0) is 10.0 Å². The fourth-order valence-corrected chi connectivity index (χ4v) is 5.98. The smallest absolute Gasteiger partial charge is 0.243 e. The molecule has 2 aliphatic rings. The highest BCUT2D eigenvalue weighted by molar-refractivity contribution is 7.89. The summed E-state index contributed by atoms with van der Waals surface area (Å²) in [5, 5.41) is 0.500. The molecular formula is C22H24ClNO6S. The molecule has 0 amide bonds. The number of sulfonamides is 1. The van der Waals surface area contributed by atoms with Crippen molar-refractivity contribution in [3.05, 3.63) is 46.5 Å². The summed E-state index contributed by atoms with van der Waals surface area (Å²) < 4.78 is 44.5. The summed E-state index contributed by atoms with van der Waals surface area (Å²) in [5.41, 5.74) is 0.595. The largest absolute Gasteiger partial charge is 0.493 e. The number of carbonyl (C=O) groups is 1. The molecule has 0 aromatic heterocycles. The molecule has 7 nitrogen and oxygen atoms in total. The molecule has 0 saturated carbocycles. The van der Waals surface area contributed by atoms with Crippen LogP contribution in [0.2, 0.25) is 5.02 Å². The summed E-state index contributed by atoms with van der Waals surface area (Å²) in [6.45, 7) is 2.37.